The minimum absolute atomic E-state index is 0.137. The van der Waals surface area contributed by atoms with Gasteiger partial charge < -0.3 is 9.96 Å². The molecule has 0 aliphatic carbocycles. The third-order valence-electron chi connectivity index (χ3n) is 2.20. The van der Waals surface area contributed by atoms with Crippen LogP contribution in [-0.4, -0.2) is 40.1 Å². The van der Waals surface area contributed by atoms with Crippen molar-refractivity contribution < 1.29 is 0 Å². The molecule has 0 bridgehead atoms. The van der Waals surface area contributed by atoms with Crippen molar-refractivity contribution in [2.24, 2.45) is 5.92 Å². The first kappa shape index (κ1) is 15.1. The van der Waals surface area contributed by atoms with Crippen molar-refractivity contribution in [2.45, 2.75) is 40.2 Å². The molecule has 0 amide bonds. The molecule has 0 radical (unpaired) electrons. The van der Waals surface area contributed by atoms with E-state index in [9.17, 15) is 0 Å². The van der Waals surface area contributed by atoms with Crippen molar-refractivity contribution in [3.8, 4) is 0 Å². The lowest BCUT2D eigenvalue weighted by molar-refractivity contribution is 0.162. The Kier molecular flexibility index (Phi) is 6.62. The van der Waals surface area contributed by atoms with Crippen LogP contribution in [0.4, 0.5) is 0 Å². The van der Waals surface area contributed by atoms with Crippen molar-refractivity contribution in [1.82, 2.24) is 20.1 Å². The predicted molar refractivity (Wildman–Crippen MR) is 69.7 cm³/mol. The van der Waals surface area contributed by atoms with Gasteiger partial charge in [0.1, 0.15) is 0 Å². The van der Waals surface area contributed by atoms with E-state index in [1.54, 1.807) is 0 Å². The summed E-state index contributed by atoms with van der Waals surface area (Å²) in [6, 6.07) is 0. The van der Waals surface area contributed by atoms with Gasteiger partial charge in [0.05, 0.1) is 0 Å². The average molecular weight is 232 g/mol. The maximum atomic E-state index is 3.53. The van der Waals surface area contributed by atoms with E-state index in [0.717, 1.165) is 6.54 Å². The molecule has 4 nitrogen and oxygen atoms in total. The molecule has 0 aromatic rings. The minimum Gasteiger partial charge on any atom is -0.318 e. The summed E-state index contributed by atoms with van der Waals surface area (Å²) in [4.78, 5) is 6.75. The van der Waals surface area contributed by atoms with Gasteiger partial charge in [0.15, 0.2) is 0 Å². The van der Waals surface area contributed by atoms with Crippen molar-refractivity contribution in [3.05, 3.63) is 0 Å². The second-order valence-electron chi connectivity index (χ2n) is 5.28. The van der Waals surface area contributed by atoms with E-state index >= 15 is 0 Å². The van der Waals surface area contributed by atoms with Crippen molar-refractivity contribution in [2.75, 3.05) is 20.6 Å². The number of rotatable bonds is 6. The molecule has 5 heteroatoms. The second-order valence-corrected chi connectivity index (χ2v) is 7.75. The van der Waals surface area contributed by atoms with Crippen LogP contribution in [0.1, 0.15) is 34.6 Å². The van der Waals surface area contributed by atoms with E-state index in [0.29, 0.717) is 5.92 Å². The van der Waals surface area contributed by atoms with Gasteiger partial charge in [-0.1, -0.05) is 13.8 Å². The van der Waals surface area contributed by atoms with Crippen LogP contribution >= 0.6 is 0 Å². The summed E-state index contributed by atoms with van der Waals surface area (Å²) in [7, 11) is 2.77. The number of hydrogen-bond acceptors (Lipinski definition) is 4. The molecule has 0 aliphatic rings. The standard InChI is InChI=1S/C10H28N4Si/c1-9(2)8-13-14(10(3,4)5)15(11-6)12-7/h9,11-13,15H,8H2,1-7H3. The lowest BCUT2D eigenvalue weighted by atomic mass is 10.1. The number of nitrogens with one attached hydrogen (secondary N) is 3. The van der Waals surface area contributed by atoms with Crippen LogP contribution in [0.25, 0.3) is 0 Å². The van der Waals surface area contributed by atoms with Crippen LogP contribution in [0.5, 0.6) is 0 Å². The fraction of sp³-hybridized carbons (Fsp3) is 1.00. The van der Waals surface area contributed by atoms with E-state index in [2.05, 4.69) is 54.7 Å². The Balaban J connectivity index is 4.43. The van der Waals surface area contributed by atoms with Gasteiger partial charge in [0.2, 0.25) is 0 Å². The van der Waals surface area contributed by atoms with Crippen molar-refractivity contribution >= 4 is 9.28 Å². The SMILES string of the molecule is CN[SiH](NC)N(NCC(C)C)C(C)(C)C. The second kappa shape index (κ2) is 6.60. The Morgan fingerprint density at radius 1 is 1.13 bits per heavy atom. The molecular weight excluding hydrogens is 204 g/mol. The van der Waals surface area contributed by atoms with E-state index in [-0.39, 0.29) is 5.54 Å². The maximum Gasteiger partial charge on any atom is 0.281 e. The zero-order valence-electron chi connectivity index (χ0n) is 11.3. The van der Waals surface area contributed by atoms with Gasteiger partial charge in [-0.2, -0.15) is 0 Å². The minimum atomic E-state index is -1.27. The van der Waals surface area contributed by atoms with E-state index in [4.69, 9.17) is 0 Å². The average Bonchev–Trinajstić information content (AvgIpc) is 2.09. The summed E-state index contributed by atoms with van der Waals surface area (Å²) >= 11 is 0. The highest BCUT2D eigenvalue weighted by atomic mass is 28.3. The van der Waals surface area contributed by atoms with Gasteiger partial charge in [-0.25, -0.2) is 4.67 Å². The zero-order chi connectivity index (χ0) is 12.1. The molecule has 0 fully saturated rings. The zero-order valence-corrected chi connectivity index (χ0v) is 12.5. The monoisotopic (exact) mass is 232 g/mol. The van der Waals surface area contributed by atoms with Gasteiger partial charge in [0.25, 0.3) is 9.28 Å². The molecule has 0 rings (SSSR count). The summed E-state index contributed by atoms with van der Waals surface area (Å²) in [6.45, 7) is 12.2. The van der Waals surface area contributed by atoms with Crippen LogP contribution < -0.4 is 15.4 Å². The highest BCUT2D eigenvalue weighted by Gasteiger charge is 2.28. The summed E-state index contributed by atoms with van der Waals surface area (Å²) < 4.78 is 2.35. The first-order chi connectivity index (χ1) is 6.82. The van der Waals surface area contributed by atoms with Gasteiger partial charge in [-0.05, 0) is 40.8 Å². The molecule has 92 valence electrons. The van der Waals surface area contributed by atoms with Crippen LogP contribution in [0, 0.1) is 5.92 Å². The molecule has 0 aromatic heterocycles. The largest absolute Gasteiger partial charge is 0.318 e. The molecule has 3 N–H and O–H groups in total. The van der Waals surface area contributed by atoms with Gasteiger partial charge in [0, 0.05) is 12.1 Å². The Hall–Kier alpha value is 0.0569. The van der Waals surface area contributed by atoms with Gasteiger partial charge >= 0.3 is 0 Å². The Morgan fingerprint density at radius 2 is 1.60 bits per heavy atom. The molecule has 0 atom stereocenters. The highest BCUT2D eigenvalue weighted by molar-refractivity contribution is 6.49. The first-order valence-electron chi connectivity index (χ1n) is 5.70. The molecule has 0 aliphatic heterocycles. The third-order valence-corrected chi connectivity index (χ3v) is 4.76. The Morgan fingerprint density at radius 3 is 1.87 bits per heavy atom. The number of nitrogens with zero attached hydrogens (tertiary/aromatic N) is 1. The molecular formula is C10H28N4Si. The van der Waals surface area contributed by atoms with Crippen molar-refractivity contribution in [1.29, 1.82) is 0 Å². The first-order valence-corrected chi connectivity index (χ1v) is 7.37. The normalized spacial score (nSPS) is 13.2. The number of hydrazine groups is 1. The van der Waals surface area contributed by atoms with E-state index < -0.39 is 9.28 Å². The molecule has 0 saturated carbocycles. The Bertz CT molecular complexity index is 163. The highest BCUT2D eigenvalue weighted by Crippen LogP contribution is 2.10. The molecule has 0 unspecified atom stereocenters. The molecule has 0 heterocycles. The van der Waals surface area contributed by atoms with Crippen LogP contribution in [0.15, 0.2) is 0 Å². The van der Waals surface area contributed by atoms with Crippen molar-refractivity contribution in [3.63, 3.8) is 0 Å². The molecule has 15 heavy (non-hydrogen) atoms. The third kappa shape index (κ3) is 5.63. The van der Waals surface area contributed by atoms with Crippen LogP contribution in [0.2, 0.25) is 0 Å². The Labute approximate surface area is 96.6 Å². The van der Waals surface area contributed by atoms with E-state index in [1.807, 2.05) is 14.1 Å². The van der Waals surface area contributed by atoms with E-state index in [1.165, 1.54) is 0 Å². The predicted octanol–water partition coefficient (Wildman–Crippen LogP) is 0.404. The van der Waals surface area contributed by atoms with Crippen LogP contribution in [0.3, 0.4) is 0 Å². The topological polar surface area (TPSA) is 39.3 Å². The smallest absolute Gasteiger partial charge is 0.281 e. The van der Waals surface area contributed by atoms with Gasteiger partial charge in [-0.15, -0.1) is 0 Å². The molecule has 0 saturated heterocycles. The number of hydrogen-bond donors (Lipinski definition) is 3. The fourth-order valence-corrected chi connectivity index (χ4v) is 3.27. The molecule has 0 spiro atoms. The summed E-state index contributed by atoms with van der Waals surface area (Å²) in [5.74, 6) is 0.665. The van der Waals surface area contributed by atoms with Crippen LogP contribution in [-0.2, 0) is 0 Å². The summed E-state index contributed by atoms with van der Waals surface area (Å²) in [5.41, 5.74) is 3.67. The summed E-state index contributed by atoms with van der Waals surface area (Å²) in [5, 5.41) is 0. The quantitative estimate of drug-likeness (QED) is 0.458. The van der Waals surface area contributed by atoms with Gasteiger partial charge in [-0.3, -0.25) is 5.43 Å². The molecule has 0 aromatic carbocycles. The summed E-state index contributed by atoms with van der Waals surface area (Å²) in [6.07, 6.45) is 0. The maximum absolute atomic E-state index is 3.53. The lowest BCUT2D eigenvalue weighted by Gasteiger charge is -2.40. The lowest BCUT2D eigenvalue weighted by Crippen LogP contribution is -2.68. The fourth-order valence-electron chi connectivity index (χ4n) is 1.40.